The molecular formula is C25H31Cl2N5O3S. The lowest BCUT2D eigenvalue weighted by Gasteiger charge is -2.28. The van der Waals surface area contributed by atoms with Crippen LogP contribution in [0.1, 0.15) is 25.7 Å². The molecule has 1 fully saturated rings. The molecule has 1 heterocycles. The third-order valence-electron chi connectivity index (χ3n) is 6.43. The molecule has 8 nitrogen and oxygen atoms in total. The number of aromatic nitrogens is 2. The molecule has 194 valence electrons. The van der Waals surface area contributed by atoms with Crippen molar-refractivity contribution >= 4 is 55.9 Å². The van der Waals surface area contributed by atoms with Crippen molar-refractivity contribution in [2.24, 2.45) is 11.8 Å². The van der Waals surface area contributed by atoms with Crippen molar-refractivity contribution in [3.8, 4) is 0 Å². The Hall–Kier alpha value is -2.17. The third-order valence-corrected chi connectivity index (χ3v) is 8.26. The van der Waals surface area contributed by atoms with Gasteiger partial charge in [0, 0.05) is 42.2 Å². The molecule has 1 aromatic heterocycles. The fourth-order valence-corrected chi connectivity index (χ4v) is 6.27. The highest BCUT2D eigenvalue weighted by atomic mass is 35.5. The number of hydrogen-bond donors (Lipinski definition) is 3. The number of methoxy groups -OCH3 is 1. The van der Waals surface area contributed by atoms with Gasteiger partial charge < -0.3 is 15.4 Å². The van der Waals surface area contributed by atoms with Gasteiger partial charge in [-0.25, -0.2) is 18.1 Å². The van der Waals surface area contributed by atoms with E-state index in [0.717, 1.165) is 48.9 Å². The zero-order chi connectivity index (χ0) is 25.5. The molecule has 1 aliphatic rings. The first kappa shape index (κ1) is 26.9. The lowest BCUT2D eigenvalue weighted by molar-refractivity contribution is 0.210. The Kier molecular flexibility index (Phi) is 9.25. The number of sulfonamides is 1. The van der Waals surface area contributed by atoms with Crippen LogP contribution >= 0.6 is 23.2 Å². The molecule has 4 rings (SSSR count). The van der Waals surface area contributed by atoms with Crippen molar-refractivity contribution in [2.45, 2.75) is 30.6 Å². The van der Waals surface area contributed by atoms with Crippen molar-refractivity contribution in [1.29, 1.82) is 0 Å². The normalized spacial score (nSPS) is 18.3. The monoisotopic (exact) mass is 551 g/mol. The van der Waals surface area contributed by atoms with E-state index in [1.807, 2.05) is 24.3 Å². The number of anilines is 2. The first-order chi connectivity index (χ1) is 17.3. The maximum Gasteiger partial charge on any atom is 0.240 e. The largest absolute Gasteiger partial charge is 0.383 e. The number of hydrogen-bond acceptors (Lipinski definition) is 7. The second-order valence-corrected chi connectivity index (χ2v) is 11.7. The van der Waals surface area contributed by atoms with Crippen LogP contribution in [0.15, 0.2) is 47.4 Å². The van der Waals surface area contributed by atoms with Gasteiger partial charge in [0.25, 0.3) is 0 Å². The molecule has 1 saturated carbocycles. The number of nitrogens with zero attached hydrogens (tertiary/aromatic N) is 2. The van der Waals surface area contributed by atoms with E-state index >= 15 is 0 Å². The van der Waals surface area contributed by atoms with Crippen molar-refractivity contribution in [2.75, 3.05) is 44.0 Å². The van der Waals surface area contributed by atoms with Gasteiger partial charge in [-0.2, -0.15) is 4.98 Å². The SMILES string of the molecule is COCCNc1nc(NCC2CCC(CNS(=O)(=O)c3cc(Cl)cc(Cl)c3)CC2)nc2ccccc12. The van der Waals surface area contributed by atoms with E-state index in [9.17, 15) is 8.42 Å². The summed E-state index contributed by atoms with van der Waals surface area (Å²) in [4.78, 5) is 9.44. The van der Waals surface area contributed by atoms with E-state index in [2.05, 4.69) is 25.3 Å². The average Bonchev–Trinajstić information content (AvgIpc) is 2.86. The second-order valence-electron chi connectivity index (χ2n) is 9.06. The number of benzene rings is 2. The Morgan fingerprint density at radius 3 is 2.31 bits per heavy atom. The molecule has 11 heteroatoms. The number of nitrogens with one attached hydrogen (secondary N) is 3. The van der Waals surface area contributed by atoms with Crippen LogP contribution in [0.4, 0.5) is 11.8 Å². The maximum atomic E-state index is 12.6. The molecule has 0 unspecified atom stereocenters. The van der Waals surface area contributed by atoms with Gasteiger partial charge in [-0.15, -0.1) is 0 Å². The zero-order valence-electron chi connectivity index (χ0n) is 20.1. The summed E-state index contributed by atoms with van der Waals surface area (Å²) in [6.45, 7) is 2.43. The number of halogens is 2. The molecule has 0 atom stereocenters. The topological polar surface area (TPSA) is 105 Å². The van der Waals surface area contributed by atoms with Crippen molar-refractivity contribution in [3.05, 3.63) is 52.5 Å². The molecule has 3 aromatic rings. The van der Waals surface area contributed by atoms with Crippen LogP contribution in [-0.2, 0) is 14.8 Å². The Labute approximate surface area is 222 Å². The molecule has 36 heavy (non-hydrogen) atoms. The molecule has 0 aliphatic heterocycles. The van der Waals surface area contributed by atoms with Gasteiger partial charge in [-0.1, -0.05) is 35.3 Å². The quantitative estimate of drug-likeness (QED) is 0.281. The Bertz CT molecular complexity index is 1260. The standard InChI is InChI=1S/C25H31Cl2N5O3S/c1-35-11-10-28-24-22-4-2-3-5-23(22)31-25(32-24)29-15-17-6-8-18(9-7-17)16-30-36(33,34)21-13-19(26)12-20(27)14-21/h2-5,12-14,17-18,30H,6-11,15-16H2,1H3,(H2,28,29,31,32). The number of ether oxygens (including phenoxy) is 1. The van der Waals surface area contributed by atoms with E-state index in [4.69, 9.17) is 27.9 Å². The van der Waals surface area contributed by atoms with Gasteiger partial charge >= 0.3 is 0 Å². The van der Waals surface area contributed by atoms with E-state index < -0.39 is 10.0 Å². The predicted molar refractivity (Wildman–Crippen MR) is 145 cm³/mol. The van der Waals surface area contributed by atoms with Crippen LogP contribution in [0.3, 0.4) is 0 Å². The Balaban J connectivity index is 1.28. The fraction of sp³-hybridized carbons (Fsp3) is 0.440. The summed E-state index contributed by atoms with van der Waals surface area (Å²) in [5.74, 6) is 2.16. The fourth-order valence-electron chi connectivity index (χ4n) is 4.43. The van der Waals surface area contributed by atoms with Crippen LogP contribution in [0.5, 0.6) is 0 Å². The van der Waals surface area contributed by atoms with Gasteiger partial charge in [0.1, 0.15) is 5.82 Å². The van der Waals surface area contributed by atoms with Crippen molar-refractivity contribution in [3.63, 3.8) is 0 Å². The van der Waals surface area contributed by atoms with Crippen LogP contribution in [0.25, 0.3) is 10.9 Å². The maximum absolute atomic E-state index is 12.6. The lowest BCUT2D eigenvalue weighted by atomic mass is 9.82. The minimum Gasteiger partial charge on any atom is -0.383 e. The van der Waals surface area contributed by atoms with Gasteiger partial charge in [0.15, 0.2) is 0 Å². The highest BCUT2D eigenvalue weighted by Gasteiger charge is 2.24. The van der Waals surface area contributed by atoms with Gasteiger partial charge in [0.2, 0.25) is 16.0 Å². The van der Waals surface area contributed by atoms with Gasteiger partial charge in [-0.3, -0.25) is 0 Å². The first-order valence-corrected chi connectivity index (χ1v) is 14.3. The van der Waals surface area contributed by atoms with E-state index in [-0.39, 0.29) is 4.90 Å². The van der Waals surface area contributed by atoms with E-state index in [0.29, 0.717) is 47.5 Å². The Morgan fingerprint density at radius 1 is 0.944 bits per heavy atom. The van der Waals surface area contributed by atoms with Crippen LogP contribution in [-0.4, -0.2) is 51.7 Å². The van der Waals surface area contributed by atoms with Crippen molar-refractivity contribution < 1.29 is 13.2 Å². The summed E-state index contributed by atoms with van der Waals surface area (Å²) in [5.41, 5.74) is 0.881. The molecule has 0 spiro atoms. The molecule has 3 N–H and O–H groups in total. The molecule has 0 radical (unpaired) electrons. The van der Waals surface area contributed by atoms with E-state index in [1.165, 1.54) is 18.2 Å². The summed E-state index contributed by atoms with van der Waals surface area (Å²) in [6.07, 6.45) is 3.92. The molecule has 0 saturated heterocycles. The summed E-state index contributed by atoms with van der Waals surface area (Å²) < 4.78 is 33.1. The van der Waals surface area contributed by atoms with Crippen LogP contribution in [0, 0.1) is 11.8 Å². The second kappa shape index (κ2) is 12.4. The highest BCUT2D eigenvalue weighted by molar-refractivity contribution is 7.89. The van der Waals surface area contributed by atoms with Crippen LogP contribution in [0.2, 0.25) is 10.0 Å². The summed E-state index contributed by atoms with van der Waals surface area (Å²) >= 11 is 11.9. The minimum atomic E-state index is -3.66. The van der Waals surface area contributed by atoms with E-state index in [1.54, 1.807) is 7.11 Å². The molecule has 1 aliphatic carbocycles. The number of para-hydroxylation sites is 1. The van der Waals surface area contributed by atoms with Crippen LogP contribution < -0.4 is 15.4 Å². The predicted octanol–water partition coefficient (Wildman–Crippen LogP) is 5.19. The first-order valence-electron chi connectivity index (χ1n) is 12.0. The average molecular weight is 553 g/mol. The molecular weight excluding hydrogens is 521 g/mol. The smallest absolute Gasteiger partial charge is 0.240 e. The summed E-state index contributed by atoms with van der Waals surface area (Å²) in [5, 5.41) is 8.31. The van der Waals surface area contributed by atoms with Gasteiger partial charge in [0.05, 0.1) is 17.0 Å². The Morgan fingerprint density at radius 2 is 1.61 bits per heavy atom. The van der Waals surface area contributed by atoms with Gasteiger partial charge in [-0.05, 0) is 67.9 Å². The van der Waals surface area contributed by atoms with Crippen molar-refractivity contribution in [1.82, 2.24) is 14.7 Å². The lowest BCUT2D eigenvalue weighted by Crippen LogP contribution is -2.32. The molecule has 0 amide bonds. The number of fused-ring (bicyclic) bond motifs is 1. The molecule has 2 aromatic carbocycles. The molecule has 0 bridgehead atoms. The third kappa shape index (κ3) is 7.20. The number of rotatable bonds is 11. The zero-order valence-corrected chi connectivity index (χ0v) is 22.5. The summed E-state index contributed by atoms with van der Waals surface area (Å²) in [6, 6.07) is 12.3. The summed E-state index contributed by atoms with van der Waals surface area (Å²) in [7, 11) is -1.98. The highest BCUT2D eigenvalue weighted by Crippen LogP contribution is 2.30. The minimum absolute atomic E-state index is 0.0874.